The third kappa shape index (κ3) is 3.87. The molecule has 1 aromatic carbocycles. The van der Waals surface area contributed by atoms with Crippen molar-refractivity contribution in [1.82, 2.24) is 0 Å². The van der Waals surface area contributed by atoms with Crippen LogP contribution in [-0.4, -0.2) is 22.4 Å². The van der Waals surface area contributed by atoms with Crippen molar-refractivity contribution < 1.29 is 19.8 Å². The molecule has 0 heterocycles. The van der Waals surface area contributed by atoms with Gasteiger partial charge in [-0.15, -0.1) is 0 Å². The second kappa shape index (κ2) is 5.17. The van der Waals surface area contributed by atoms with Gasteiger partial charge in [-0.1, -0.05) is 26.8 Å². The summed E-state index contributed by atoms with van der Waals surface area (Å²) < 4.78 is 0. The van der Waals surface area contributed by atoms with Crippen LogP contribution in [-0.2, 0) is 5.41 Å². The summed E-state index contributed by atoms with van der Waals surface area (Å²) >= 11 is 0. The van der Waals surface area contributed by atoms with E-state index in [1.165, 1.54) is 0 Å². The number of aryl methyl sites for hydroxylation is 1. The Bertz CT molecular complexity index is 518. The van der Waals surface area contributed by atoms with E-state index in [1.807, 2.05) is 26.8 Å². The van der Waals surface area contributed by atoms with Crippen molar-refractivity contribution in [3.8, 4) is 0 Å². The number of carbonyl (C=O) groups is 2. The number of anilines is 2. The van der Waals surface area contributed by atoms with E-state index in [1.54, 1.807) is 13.0 Å². The third-order valence-corrected chi connectivity index (χ3v) is 2.68. The maximum Gasteiger partial charge on any atom is 0.409 e. The second-order valence-corrected chi connectivity index (χ2v) is 5.33. The molecule has 1 rings (SSSR count). The summed E-state index contributed by atoms with van der Waals surface area (Å²) in [7, 11) is 0. The molecule has 0 spiro atoms. The van der Waals surface area contributed by atoms with Crippen molar-refractivity contribution in [2.45, 2.75) is 33.1 Å². The summed E-state index contributed by atoms with van der Waals surface area (Å²) in [6, 6.07) is 3.49. The SMILES string of the molecule is Cc1cc(C(C)(C)C)cc(NC(=O)O)c1NC(=O)O. The first kappa shape index (κ1) is 14.8. The fourth-order valence-electron chi connectivity index (χ4n) is 1.71. The molecule has 1 aromatic rings. The molecule has 0 atom stereocenters. The second-order valence-electron chi connectivity index (χ2n) is 5.33. The van der Waals surface area contributed by atoms with E-state index in [0.29, 0.717) is 5.56 Å². The molecule has 0 unspecified atom stereocenters. The Morgan fingerprint density at radius 3 is 2.00 bits per heavy atom. The summed E-state index contributed by atoms with van der Waals surface area (Å²) in [6.07, 6.45) is -2.47. The fraction of sp³-hybridized carbons (Fsp3) is 0.385. The Balaban J connectivity index is 3.38. The Morgan fingerprint density at radius 2 is 1.58 bits per heavy atom. The topological polar surface area (TPSA) is 98.7 Å². The fourth-order valence-corrected chi connectivity index (χ4v) is 1.71. The number of benzene rings is 1. The smallest absolute Gasteiger partial charge is 0.409 e. The van der Waals surface area contributed by atoms with E-state index in [4.69, 9.17) is 10.2 Å². The molecule has 0 saturated heterocycles. The molecule has 0 saturated carbocycles. The first-order valence-electron chi connectivity index (χ1n) is 5.76. The molecular weight excluding hydrogens is 248 g/mol. The standard InChI is InChI=1S/C13H18N2O4/c1-7-5-8(13(2,3)4)6-9(14-11(16)17)10(7)15-12(18)19/h5-6,14-15H,1-4H3,(H,16,17)(H,18,19). The summed E-state index contributed by atoms with van der Waals surface area (Å²) in [4.78, 5) is 21.5. The van der Waals surface area contributed by atoms with Crippen molar-refractivity contribution in [3.63, 3.8) is 0 Å². The number of hydrogen-bond acceptors (Lipinski definition) is 2. The van der Waals surface area contributed by atoms with Crippen molar-refractivity contribution in [2.24, 2.45) is 0 Å². The van der Waals surface area contributed by atoms with E-state index in [0.717, 1.165) is 5.56 Å². The molecule has 4 N–H and O–H groups in total. The highest BCUT2D eigenvalue weighted by atomic mass is 16.4. The van der Waals surface area contributed by atoms with Crippen LogP contribution in [0.2, 0.25) is 0 Å². The van der Waals surface area contributed by atoms with Gasteiger partial charge in [-0.25, -0.2) is 9.59 Å². The van der Waals surface area contributed by atoms with E-state index < -0.39 is 12.2 Å². The number of carboxylic acid groups (broad SMARTS) is 2. The lowest BCUT2D eigenvalue weighted by Gasteiger charge is -2.22. The van der Waals surface area contributed by atoms with Gasteiger partial charge in [0, 0.05) is 0 Å². The predicted molar refractivity (Wildman–Crippen MR) is 73.2 cm³/mol. The molecule has 0 bridgehead atoms. The normalized spacial score (nSPS) is 10.9. The van der Waals surface area contributed by atoms with Gasteiger partial charge in [0.1, 0.15) is 0 Å². The zero-order valence-corrected chi connectivity index (χ0v) is 11.4. The lowest BCUT2D eigenvalue weighted by atomic mass is 9.85. The molecule has 6 heteroatoms. The van der Waals surface area contributed by atoms with Crippen LogP contribution in [0.25, 0.3) is 0 Å². The molecule has 0 aliphatic rings. The summed E-state index contributed by atoms with van der Waals surface area (Å²) in [6.45, 7) is 7.72. The molecule has 0 aliphatic carbocycles. The number of nitrogens with one attached hydrogen (secondary N) is 2. The highest BCUT2D eigenvalue weighted by molar-refractivity contribution is 5.95. The summed E-state index contributed by atoms with van der Waals surface area (Å²) in [5, 5.41) is 22.1. The van der Waals surface area contributed by atoms with Crippen molar-refractivity contribution >= 4 is 23.6 Å². The molecular formula is C13H18N2O4. The van der Waals surface area contributed by atoms with Gasteiger partial charge in [-0.2, -0.15) is 0 Å². The highest BCUT2D eigenvalue weighted by Gasteiger charge is 2.19. The first-order valence-corrected chi connectivity index (χ1v) is 5.76. The number of rotatable bonds is 2. The molecule has 19 heavy (non-hydrogen) atoms. The maximum atomic E-state index is 10.8. The van der Waals surface area contributed by atoms with Gasteiger partial charge in [-0.05, 0) is 29.5 Å². The van der Waals surface area contributed by atoms with Gasteiger partial charge < -0.3 is 10.2 Å². The van der Waals surface area contributed by atoms with Crippen molar-refractivity contribution in [2.75, 3.05) is 10.6 Å². The molecule has 0 radical (unpaired) electrons. The van der Waals surface area contributed by atoms with Crippen LogP contribution in [0.15, 0.2) is 12.1 Å². The van der Waals surface area contributed by atoms with E-state index in [-0.39, 0.29) is 16.8 Å². The molecule has 0 fully saturated rings. The lowest BCUT2D eigenvalue weighted by Crippen LogP contribution is -2.17. The average Bonchev–Trinajstić information content (AvgIpc) is 2.20. The largest absolute Gasteiger partial charge is 0.465 e. The Kier molecular flexibility index (Phi) is 4.04. The Morgan fingerprint density at radius 1 is 1.05 bits per heavy atom. The summed E-state index contributed by atoms with van der Waals surface area (Å²) in [5.74, 6) is 0. The van der Waals surface area contributed by atoms with Crippen LogP contribution in [0.4, 0.5) is 21.0 Å². The number of amides is 2. The Hall–Kier alpha value is -2.24. The molecule has 0 aliphatic heterocycles. The van der Waals surface area contributed by atoms with Crippen LogP contribution in [0, 0.1) is 6.92 Å². The van der Waals surface area contributed by atoms with E-state index in [2.05, 4.69) is 10.6 Å². The van der Waals surface area contributed by atoms with Gasteiger partial charge >= 0.3 is 12.2 Å². The minimum Gasteiger partial charge on any atom is -0.465 e. The van der Waals surface area contributed by atoms with Gasteiger partial charge in [0.25, 0.3) is 0 Å². The molecule has 2 amide bonds. The minimum atomic E-state index is -1.24. The van der Waals surface area contributed by atoms with Crippen LogP contribution < -0.4 is 10.6 Å². The van der Waals surface area contributed by atoms with Gasteiger partial charge in [0.2, 0.25) is 0 Å². The van der Waals surface area contributed by atoms with Crippen LogP contribution >= 0.6 is 0 Å². The zero-order chi connectivity index (χ0) is 14.8. The minimum absolute atomic E-state index is 0.165. The van der Waals surface area contributed by atoms with E-state index in [9.17, 15) is 9.59 Å². The first-order chi connectivity index (χ1) is 8.61. The van der Waals surface area contributed by atoms with Crippen LogP contribution in [0.3, 0.4) is 0 Å². The summed E-state index contributed by atoms with van der Waals surface area (Å²) in [5.41, 5.74) is 1.91. The molecule has 104 valence electrons. The highest BCUT2D eigenvalue weighted by Crippen LogP contribution is 2.33. The maximum absolute atomic E-state index is 10.8. The van der Waals surface area contributed by atoms with Crippen molar-refractivity contribution in [1.29, 1.82) is 0 Å². The predicted octanol–water partition coefficient (Wildman–Crippen LogP) is 3.47. The lowest BCUT2D eigenvalue weighted by molar-refractivity contribution is 0.208. The zero-order valence-electron chi connectivity index (χ0n) is 11.4. The number of hydrogen-bond donors (Lipinski definition) is 4. The van der Waals surface area contributed by atoms with Crippen LogP contribution in [0.1, 0.15) is 31.9 Å². The van der Waals surface area contributed by atoms with Gasteiger partial charge in [-0.3, -0.25) is 10.6 Å². The third-order valence-electron chi connectivity index (χ3n) is 2.68. The molecule has 6 nitrogen and oxygen atoms in total. The average molecular weight is 266 g/mol. The molecule has 0 aromatic heterocycles. The monoisotopic (exact) mass is 266 g/mol. The van der Waals surface area contributed by atoms with E-state index >= 15 is 0 Å². The van der Waals surface area contributed by atoms with Gasteiger partial charge in [0.05, 0.1) is 11.4 Å². The quantitative estimate of drug-likeness (QED) is 0.658. The van der Waals surface area contributed by atoms with Gasteiger partial charge in [0.15, 0.2) is 0 Å². The van der Waals surface area contributed by atoms with Crippen LogP contribution in [0.5, 0.6) is 0 Å². The van der Waals surface area contributed by atoms with Crippen molar-refractivity contribution in [3.05, 3.63) is 23.3 Å². The Labute approximate surface area is 111 Å².